The molecule has 1 N–H and O–H groups in total. The van der Waals surface area contributed by atoms with Gasteiger partial charge in [0.15, 0.2) is 5.13 Å². The fraction of sp³-hybridized carbons (Fsp3) is 0.357. The fourth-order valence-electron chi connectivity index (χ4n) is 1.58. The van der Waals surface area contributed by atoms with Gasteiger partial charge in [-0.15, -0.1) is 0 Å². The maximum Gasteiger partial charge on any atom is 0.387 e. The van der Waals surface area contributed by atoms with Crippen LogP contribution in [0.25, 0.3) is 10.4 Å². The van der Waals surface area contributed by atoms with E-state index in [-0.39, 0.29) is 5.75 Å². The molecule has 0 amide bonds. The zero-order valence-electron chi connectivity index (χ0n) is 11.3. The number of halogens is 2. The van der Waals surface area contributed by atoms with E-state index in [9.17, 15) is 8.78 Å². The lowest BCUT2D eigenvalue weighted by atomic mass is 10.2. The summed E-state index contributed by atoms with van der Waals surface area (Å²) in [6.07, 6.45) is 1.77. The van der Waals surface area contributed by atoms with Crippen LogP contribution in [0.5, 0.6) is 5.75 Å². The van der Waals surface area contributed by atoms with Gasteiger partial charge in [-0.3, -0.25) is 0 Å². The van der Waals surface area contributed by atoms with Crippen molar-refractivity contribution >= 4 is 16.5 Å². The summed E-state index contributed by atoms with van der Waals surface area (Å²) in [6, 6.07) is 6.56. The molecular formula is C14H16F2N2OS. The molecule has 0 radical (unpaired) electrons. The predicted molar refractivity (Wildman–Crippen MR) is 77.5 cm³/mol. The van der Waals surface area contributed by atoms with Gasteiger partial charge in [0.2, 0.25) is 0 Å². The van der Waals surface area contributed by atoms with Crippen LogP contribution in [-0.4, -0.2) is 18.1 Å². The van der Waals surface area contributed by atoms with Crippen LogP contribution in [0.2, 0.25) is 0 Å². The summed E-state index contributed by atoms with van der Waals surface area (Å²) in [6.45, 7) is 2.33. The summed E-state index contributed by atoms with van der Waals surface area (Å²) in [4.78, 5) is 5.28. The van der Waals surface area contributed by atoms with E-state index in [2.05, 4.69) is 28.9 Å². The van der Waals surface area contributed by atoms with Gasteiger partial charge < -0.3 is 10.1 Å². The number of rotatable bonds is 6. The van der Waals surface area contributed by atoms with Crippen LogP contribution in [0.15, 0.2) is 30.5 Å². The van der Waals surface area contributed by atoms with Gasteiger partial charge in [0, 0.05) is 12.7 Å². The van der Waals surface area contributed by atoms with Crippen molar-refractivity contribution in [3.8, 4) is 16.2 Å². The number of alkyl halides is 2. The standard InChI is InChI=1S/C14H16F2N2OS/c1-9(2)7-17-14-18-8-12(20-14)10-3-5-11(6-4-10)19-13(15)16/h3-6,8-9,13H,7H2,1-2H3,(H,17,18). The van der Waals surface area contributed by atoms with Gasteiger partial charge in [0.05, 0.1) is 4.88 Å². The molecule has 3 nitrogen and oxygen atoms in total. The topological polar surface area (TPSA) is 34.2 Å². The largest absolute Gasteiger partial charge is 0.435 e. The lowest BCUT2D eigenvalue weighted by molar-refractivity contribution is -0.0498. The Bertz CT molecular complexity index is 540. The van der Waals surface area contributed by atoms with E-state index in [1.165, 1.54) is 23.5 Å². The molecule has 0 aliphatic carbocycles. The second kappa shape index (κ2) is 6.65. The maximum atomic E-state index is 12.1. The predicted octanol–water partition coefficient (Wildman–Crippen LogP) is 4.48. The van der Waals surface area contributed by atoms with Gasteiger partial charge in [-0.25, -0.2) is 4.98 Å². The van der Waals surface area contributed by atoms with E-state index < -0.39 is 6.61 Å². The number of hydrogen-bond acceptors (Lipinski definition) is 4. The zero-order chi connectivity index (χ0) is 14.5. The molecule has 0 fully saturated rings. The third-order valence-electron chi connectivity index (χ3n) is 2.53. The van der Waals surface area contributed by atoms with E-state index >= 15 is 0 Å². The van der Waals surface area contributed by atoms with Crippen LogP contribution in [0.4, 0.5) is 13.9 Å². The second-order valence-electron chi connectivity index (χ2n) is 4.71. The Labute approximate surface area is 120 Å². The highest BCUT2D eigenvalue weighted by Crippen LogP contribution is 2.30. The SMILES string of the molecule is CC(C)CNc1ncc(-c2ccc(OC(F)F)cc2)s1. The molecule has 0 unspecified atom stereocenters. The Balaban J connectivity index is 2.04. The first-order valence-electron chi connectivity index (χ1n) is 6.29. The van der Waals surface area contributed by atoms with Crippen molar-refractivity contribution in [1.82, 2.24) is 4.98 Å². The number of thiazole rings is 1. The summed E-state index contributed by atoms with van der Waals surface area (Å²) in [5, 5.41) is 4.12. The first-order valence-corrected chi connectivity index (χ1v) is 7.11. The smallest absolute Gasteiger partial charge is 0.387 e. The van der Waals surface area contributed by atoms with Crippen molar-refractivity contribution in [3.05, 3.63) is 30.5 Å². The average molecular weight is 298 g/mol. The minimum Gasteiger partial charge on any atom is -0.435 e. The minimum atomic E-state index is -2.80. The number of ether oxygens (including phenoxy) is 1. The van der Waals surface area contributed by atoms with Crippen molar-refractivity contribution in [2.45, 2.75) is 20.5 Å². The maximum absolute atomic E-state index is 12.1. The molecule has 0 aliphatic rings. The van der Waals surface area contributed by atoms with Crippen LogP contribution in [0.3, 0.4) is 0 Å². The minimum absolute atomic E-state index is 0.159. The van der Waals surface area contributed by atoms with E-state index in [0.717, 1.165) is 22.1 Å². The first kappa shape index (κ1) is 14.7. The summed E-state index contributed by atoms with van der Waals surface area (Å²) in [7, 11) is 0. The molecule has 2 aromatic rings. The van der Waals surface area contributed by atoms with E-state index in [1.807, 2.05) is 0 Å². The molecule has 6 heteroatoms. The second-order valence-corrected chi connectivity index (χ2v) is 5.74. The summed E-state index contributed by atoms with van der Waals surface area (Å²) in [5.41, 5.74) is 0.932. The Hall–Kier alpha value is -1.69. The number of benzene rings is 1. The van der Waals surface area contributed by atoms with Crippen LogP contribution in [0, 0.1) is 5.92 Å². The highest BCUT2D eigenvalue weighted by atomic mass is 32.1. The Morgan fingerprint density at radius 1 is 1.25 bits per heavy atom. The van der Waals surface area contributed by atoms with Crippen molar-refractivity contribution in [1.29, 1.82) is 0 Å². The first-order chi connectivity index (χ1) is 9.54. The van der Waals surface area contributed by atoms with Gasteiger partial charge in [0.25, 0.3) is 0 Å². The fourth-order valence-corrected chi connectivity index (χ4v) is 2.41. The molecule has 0 spiro atoms. The number of nitrogens with zero attached hydrogens (tertiary/aromatic N) is 1. The lowest BCUT2D eigenvalue weighted by Crippen LogP contribution is -2.07. The summed E-state index contributed by atoms with van der Waals surface area (Å²) >= 11 is 1.54. The molecule has 20 heavy (non-hydrogen) atoms. The third kappa shape index (κ3) is 4.16. The number of aromatic nitrogens is 1. The van der Waals surface area contributed by atoms with Crippen LogP contribution in [0.1, 0.15) is 13.8 Å². The number of nitrogens with one attached hydrogen (secondary N) is 1. The molecule has 0 saturated heterocycles. The lowest BCUT2D eigenvalue weighted by Gasteiger charge is -2.05. The molecule has 0 atom stereocenters. The van der Waals surface area contributed by atoms with E-state index in [1.54, 1.807) is 18.3 Å². The Morgan fingerprint density at radius 3 is 2.55 bits per heavy atom. The van der Waals surface area contributed by atoms with Crippen molar-refractivity contribution in [2.24, 2.45) is 5.92 Å². The van der Waals surface area contributed by atoms with Crippen LogP contribution < -0.4 is 10.1 Å². The number of hydrogen-bond donors (Lipinski definition) is 1. The van der Waals surface area contributed by atoms with Gasteiger partial charge in [0.1, 0.15) is 5.75 Å². The van der Waals surface area contributed by atoms with Gasteiger partial charge >= 0.3 is 6.61 Å². The van der Waals surface area contributed by atoms with Gasteiger partial charge in [-0.2, -0.15) is 8.78 Å². The van der Waals surface area contributed by atoms with Gasteiger partial charge in [-0.05, 0) is 35.7 Å². The van der Waals surface area contributed by atoms with Crippen molar-refractivity contribution in [2.75, 3.05) is 11.9 Å². The molecule has 0 aliphatic heterocycles. The van der Waals surface area contributed by atoms with Crippen LogP contribution in [-0.2, 0) is 0 Å². The quantitative estimate of drug-likeness (QED) is 0.853. The summed E-state index contributed by atoms with van der Waals surface area (Å²) < 4.78 is 28.4. The molecule has 1 aromatic carbocycles. The summed E-state index contributed by atoms with van der Waals surface area (Å²) in [5.74, 6) is 0.708. The molecule has 0 bridgehead atoms. The molecule has 108 valence electrons. The zero-order valence-corrected chi connectivity index (χ0v) is 12.1. The number of anilines is 1. The van der Waals surface area contributed by atoms with E-state index in [4.69, 9.17) is 0 Å². The molecule has 1 aromatic heterocycles. The Morgan fingerprint density at radius 2 is 1.95 bits per heavy atom. The highest BCUT2D eigenvalue weighted by molar-refractivity contribution is 7.18. The highest BCUT2D eigenvalue weighted by Gasteiger charge is 2.07. The average Bonchev–Trinajstić information content (AvgIpc) is 2.85. The monoisotopic (exact) mass is 298 g/mol. The third-order valence-corrected chi connectivity index (χ3v) is 3.54. The van der Waals surface area contributed by atoms with E-state index in [0.29, 0.717) is 5.92 Å². The molecule has 1 heterocycles. The Kier molecular flexibility index (Phi) is 4.89. The van der Waals surface area contributed by atoms with Crippen molar-refractivity contribution in [3.63, 3.8) is 0 Å². The molecule has 2 rings (SSSR count). The van der Waals surface area contributed by atoms with Crippen molar-refractivity contribution < 1.29 is 13.5 Å². The van der Waals surface area contributed by atoms with Crippen LogP contribution >= 0.6 is 11.3 Å². The molecular weight excluding hydrogens is 282 g/mol. The van der Waals surface area contributed by atoms with Gasteiger partial charge in [-0.1, -0.05) is 25.2 Å². The molecule has 0 saturated carbocycles. The normalized spacial score (nSPS) is 11.1.